The number of carbonyl (C=O) groups excluding carboxylic acids is 1. The van der Waals surface area contributed by atoms with Gasteiger partial charge in [-0.05, 0) is 43.6 Å². The molecule has 0 aromatic carbocycles. The van der Waals surface area contributed by atoms with Crippen LogP contribution in [0.4, 0.5) is 5.82 Å². The van der Waals surface area contributed by atoms with Crippen molar-refractivity contribution in [2.75, 3.05) is 12.4 Å². The highest BCUT2D eigenvalue weighted by Crippen LogP contribution is 2.30. The molecule has 24 heavy (non-hydrogen) atoms. The van der Waals surface area contributed by atoms with Crippen LogP contribution in [0.15, 0.2) is 12.3 Å². The van der Waals surface area contributed by atoms with Crippen molar-refractivity contribution in [3.8, 4) is 11.8 Å². The van der Waals surface area contributed by atoms with Gasteiger partial charge < -0.3 is 10.1 Å². The monoisotopic (exact) mass is 326 g/mol. The molecule has 0 spiro atoms. The molecule has 0 saturated heterocycles. The maximum absolute atomic E-state index is 11.7. The van der Waals surface area contributed by atoms with Crippen molar-refractivity contribution in [3.05, 3.63) is 23.4 Å². The fourth-order valence-corrected chi connectivity index (χ4v) is 3.15. The number of rotatable bonds is 4. The van der Waals surface area contributed by atoms with Gasteiger partial charge in [-0.1, -0.05) is 31.6 Å². The molecule has 1 N–H and O–H groups in total. The molecule has 2 aliphatic rings. The Labute approximate surface area is 144 Å². The highest BCUT2D eigenvalue weighted by Gasteiger charge is 2.23. The summed E-state index contributed by atoms with van der Waals surface area (Å²) in [6, 6.07) is 2.29. The molecule has 3 rings (SSSR count). The van der Waals surface area contributed by atoms with Crippen molar-refractivity contribution in [1.29, 1.82) is 0 Å². The zero-order chi connectivity index (χ0) is 16.9. The average molecular weight is 326 g/mol. The van der Waals surface area contributed by atoms with Crippen molar-refractivity contribution >= 4 is 11.8 Å². The molecule has 0 radical (unpaired) electrons. The van der Waals surface area contributed by atoms with Gasteiger partial charge in [0.05, 0.1) is 18.2 Å². The summed E-state index contributed by atoms with van der Waals surface area (Å²) in [6.45, 7) is 2.34. The Morgan fingerprint density at radius 1 is 1.29 bits per heavy atom. The lowest BCUT2D eigenvalue weighted by molar-refractivity contribution is 0.0600. The van der Waals surface area contributed by atoms with E-state index in [1.807, 2.05) is 0 Å². The highest BCUT2D eigenvalue weighted by molar-refractivity contribution is 5.89. The van der Waals surface area contributed by atoms with E-state index in [0.29, 0.717) is 17.5 Å². The third-order valence-corrected chi connectivity index (χ3v) is 4.98. The summed E-state index contributed by atoms with van der Waals surface area (Å²) >= 11 is 0. The number of hydrogen-bond donors (Lipinski definition) is 1. The fraction of sp³-hybridized carbons (Fsp3) is 0.600. The minimum Gasteiger partial charge on any atom is -0.465 e. The van der Waals surface area contributed by atoms with Crippen molar-refractivity contribution in [1.82, 2.24) is 4.98 Å². The number of pyridine rings is 1. The first kappa shape index (κ1) is 16.8. The second kappa shape index (κ2) is 7.70. The number of aromatic nitrogens is 1. The molecule has 2 aliphatic carbocycles. The largest absolute Gasteiger partial charge is 0.465 e. The summed E-state index contributed by atoms with van der Waals surface area (Å²) in [5.74, 6) is 8.56. The Morgan fingerprint density at radius 2 is 2.04 bits per heavy atom. The van der Waals surface area contributed by atoms with Gasteiger partial charge in [-0.3, -0.25) is 0 Å². The topological polar surface area (TPSA) is 51.2 Å². The molecule has 0 unspecified atom stereocenters. The van der Waals surface area contributed by atoms with Crippen molar-refractivity contribution in [3.63, 3.8) is 0 Å². The number of nitrogens with one attached hydrogen (secondary N) is 1. The van der Waals surface area contributed by atoms with E-state index in [1.54, 1.807) is 12.3 Å². The number of nitrogens with zero attached hydrogens (tertiary/aromatic N) is 1. The van der Waals surface area contributed by atoms with Crippen molar-refractivity contribution < 1.29 is 9.53 Å². The summed E-state index contributed by atoms with van der Waals surface area (Å²) in [6.07, 6.45) is 10.0. The molecule has 4 heteroatoms. The highest BCUT2D eigenvalue weighted by atomic mass is 16.5. The maximum Gasteiger partial charge on any atom is 0.339 e. The molecule has 4 nitrogen and oxygen atoms in total. The summed E-state index contributed by atoms with van der Waals surface area (Å²) in [5, 5.41) is 3.40. The second-order valence-electron chi connectivity index (χ2n) is 7.16. The zero-order valence-electron chi connectivity index (χ0n) is 14.6. The van der Waals surface area contributed by atoms with E-state index in [4.69, 9.17) is 4.74 Å². The van der Waals surface area contributed by atoms with E-state index < -0.39 is 0 Å². The smallest absolute Gasteiger partial charge is 0.339 e. The summed E-state index contributed by atoms with van der Waals surface area (Å²) in [7, 11) is 1.38. The van der Waals surface area contributed by atoms with Crippen LogP contribution >= 0.6 is 0 Å². The van der Waals surface area contributed by atoms with Gasteiger partial charge in [0.1, 0.15) is 5.82 Å². The van der Waals surface area contributed by atoms with Gasteiger partial charge in [0.2, 0.25) is 0 Å². The molecular formula is C20H26N2O2. The average Bonchev–Trinajstić information content (AvgIpc) is 3.41. The number of esters is 1. The van der Waals surface area contributed by atoms with Gasteiger partial charge in [-0.2, -0.15) is 0 Å². The van der Waals surface area contributed by atoms with E-state index in [9.17, 15) is 4.79 Å². The van der Waals surface area contributed by atoms with Crippen LogP contribution in [0.2, 0.25) is 0 Å². The number of carbonyl (C=O) groups is 1. The molecule has 0 aliphatic heterocycles. The summed E-state index contributed by atoms with van der Waals surface area (Å²) in [5.41, 5.74) is 1.25. The molecule has 1 aromatic rings. The van der Waals surface area contributed by atoms with Gasteiger partial charge >= 0.3 is 5.97 Å². The Hall–Kier alpha value is -2.02. The summed E-state index contributed by atoms with van der Waals surface area (Å²) < 4.78 is 4.79. The number of hydrogen-bond acceptors (Lipinski definition) is 4. The zero-order valence-corrected chi connectivity index (χ0v) is 14.6. The normalized spacial score (nSPS) is 23.1. The third-order valence-electron chi connectivity index (χ3n) is 4.98. The maximum atomic E-state index is 11.7. The first-order chi connectivity index (χ1) is 11.7. The van der Waals surface area contributed by atoms with Crippen molar-refractivity contribution in [2.45, 2.75) is 57.9 Å². The SMILES string of the molecule is COC(=O)c1cnc(NC2CC2)c(C#CCC2CCC(C)CC2)c1. The fourth-order valence-electron chi connectivity index (χ4n) is 3.15. The van der Waals surface area contributed by atoms with Gasteiger partial charge in [-0.15, -0.1) is 0 Å². The predicted octanol–water partition coefficient (Wildman–Crippen LogP) is 4.01. The van der Waals surface area contributed by atoms with Gasteiger partial charge in [0, 0.05) is 18.7 Å². The predicted molar refractivity (Wildman–Crippen MR) is 94.8 cm³/mol. The van der Waals surface area contributed by atoms with Crippen LogP contribution in [-0.4, -0.2) is 24.1 Å². The Kier molecular flexibility index (Phi) is 5.40. The molecule has 0 amide bonds. The molecule has 2 saturated carbocycles. The first-order valence-corrected chi connectivity index (χ1v) is 8.99. The van der Waals surface area contributed by atoms with E-state index in [0.717, 1.165) is 23.7 Å². The molecule has 1 aromatic heterocycles. The molecule has 0 atom stereocenters. The number of anilines is 1. The molecule has 2 fully saturated rings. The van der Waals surface area contributed by atoms with Crippen LogP contribution in [0.1, 0.15) is 67.8 Å². The lowest BCUT2D eigenvalue weighted by Crippen LogP contribution is -2.11. The summed E-state index contributed by atoms with van der Waals surface area (Å²) in [4.78, 5) is 16.1. The van der Waals surface area contributed by atoms with Crippen LogP contribution in [0.3, 0.4) is 0 Å². The van der Waals surface area contributed by atoms with Crippen LogP contribution in [0, 0.1) is 23.7 Å². The lowest BCUT2D eigenvalue weighted by atomic mass is 9.81. The van der Waals surface area contributed by atoms with Crippen LogP contribution < -0.4 is 5.32 Å². The Bertz CT molecular complexity index is 647. The van der Waals surface area contributed by atoms with E-state index in [-0.39, 0.29) is 5.97 Å². The molecular weight excluding hydrogens is 300 g/mol. The second-order valence-corrected chi connectivity index (χ2v) is 7.16. The van der Waals surface area contributed by atoms with E-state index in [2.05, 4.69) is 29.1 Å². The minimum atomic E-state index is -0.371. The third kappa shape index (κ3) is 4.50. The lowest BCUT2D eigenvalue weighted by Gasteiger charge is -2.24. The van der Waals surface area contributed by atoms with Crippen molar-refractivity contribution in [2.24, 2.45) is 11.8 Å². The standard InChI is InChI=1S/C20H26N2O2/c1-14-6-8-15(9-7-14)4-3-5-16-12-17(20(23)24-2)13-21-19(16)22-18-10-11-18/h12-15,18H,4,6-11H2,1-2H3,(H,21,22). The number of ether oxygens (including phenoxy) is 1. The molecule has 1 heterocycles. The first-order valence-electron chi connectivity index (χ1n) is 8.99. The van der Waals surface area contributed by atoms with E-state index >= 15 is 0 Å². The molecule has 128 valence electrons. The molecule has 0 bridgehead atoms. The van der Waals surface area contributed by atoms with Gasteiger partial charge in [0.15, 0.2) is 0 Å². The number of methoxy groups -OCH3 is 1. The van der Waals surface area contributed by atoms with Gasteiger partial charge in [-0.25, -0.2) is 9.78 Å². The van der Waals surface area contributed by atoms with E-state index in [1.165, 1.54) is 45.6 Å². The van der Waals surface area contributed by atoms with Crippen LogP contribution in [0.25, 0.3) is 0 Å². The quantitative estimate of drug-likeness (QED) is 0.671. The van der Waals surface area contributed by atoms with Gasteiger partial charge in [0.25, 0.3) is 0 Å². The minimum absolute atomic E-state index is 0.371. The van der Waals surface area contributed by atoms with Crippen LogP contribution in [-0.2, 0) is 4.74 Å². The van der Waals surface area contributed by atoms with Crippen LogP contribution in [0.5, 0.6) is 0 Å². The Morgan fingerprint density at radius 3 is 2.71 bits per heavy atom. The Balaban J connectivity index is 1.71.